The van der Waals surface area contributed by atoms with Gasteiger partial charge in [-0.3, -0.25) is 13.9 Å². The van der Waals surface area contributed by atoms with E-state index in [1.54, 1.807) is 43.3 Å². The molecule has 2 heterocycles. The molecule has 7 N–H and O–H groups in total. The van der Waals surface area contributed by atoms with Crippen molar-refractivity contribution >= 4 is 54.9 Å². The van der Waals surface area contributed by atoms with Gasteiger partial charge in [0.15, 0.2) is 11.5 Å². The number of anilines is 1. The summed E-state index contributed by atoms with van der Waals surface area (Å²) in [6.07, 6.45) is 12.3. The summed E-state index contributed by atoms with van der Waals surface area (Å²) >= 11 is 0. The number of rotatable bonds is 27. The van der Waals surface area contributed by atoms with Crippen LogP contribution in [0.1, 0.15) is 83.9 Å². The molecule has 20 heteroatoms. The maximum atomic E-state index is 12.6. The second-order valence-corrected chi connectivity index (χ2v) is 20.6. The SMILES string of the molecule is CCN1/C(=C/C=C/C=C/C2=[N+](CCCCCC(=O)NCCOCCOCCOCCOc3ccc(/C(N)=N/N=C(/C)N)cc3)c3ccc(S(=O)(=O)O)cc3C2(C)C)C(C)(C)c2cc(S(=O)(=O)O)ccc21. The summed E-state index contributed by atoms with van der Waals surface area (Å²) in [5, 5.41) is 10.5. The van der Waals surface area contributed by atoms with Gasteiger partial charge in [-0.25, -0.2) is 0 Å². The van der Waals surface area contributed by atoms with Gasteiger partial charge >= 0.3 is 0 Å². The summed E-state index contributed by atoms with van der Waals surface area (Å²) in [6, 6.07) is 16.5. The Labute approximate surface area is 412 Å². The van der Waals surface area contributed by atoms with Crippen LogP contribution in [0.25, 0.3) is 0 Å². The fourth-order valence-electron chi connectivity index (χ4n) is 8.33. The van der Waals surface area contributed by atoms with Crippen molar-refractivity contribution in [2.75, 3.05) is 70.8 Å². The number of nitrogens with two attached hydrogens (primary N) is 2. The second-order valence-electron chi connectivity index (χ2n) is 17.7. The molecule has 0 fully saturated rings. The van der Waals surface area contributed by atoms with Gasteiger partial charge in [-0.05, 0) is 107 Å². The van der Waals surface area contributed by atoms with Crippen LogP contribution in [0.3, 0.4) is 0 Å². The molecule has 2 aliphatic heterocycles. The zero-order valence-electron chi connectivity index (χ0n) is 40.9. The second kappa shape index (κ2) is 24.9. The summed E-state index contributed by atoms with van der Waals surface area (Å²) in [4.78, 5) is 14.4. The molecule has 1 amide bonds. The van der Waals surface area contributed by atoms with Crippen molar-refractivity contribution in [2.45, 2.75) is 87.8 Å². The molecule has 0 bridgehead atoms. The van der Waals surface area contributed by atoms with Crippen LogP contribution in [0.15, 0.2) is 117 Å². The van der Waals surface area contributed by atoms with E-state index in [4.69, 9.17) is 30.4 Å². The lowest BCUT2D eigenvalue weighted by Crippen LogP contribution is -2.28. The van der Waals surface area contributed by atoms with Crippen molar-refractivity contribution in [2.24, 2.45) is 21.7 Å². The number of allylic oxidation sites excluding steroid dienone is 6. The zero-order chi connectivity index (χ0) is 51.1. The van der Waals surface area contributed by atoms with Gasteiger partial charge in [0.2, 0.25) is 11.6 Å². The third-order valence-electron chi connectivity index (χ3n) is 11.9. The highest BCUT2D eigenvalue weighted by Crippen LogP contribution is 2.48. The van der Waals surface area contributed by atoms with E-state index in [0.29, 0.717) is 95.9 Å². The first kappa shape index (κ1) is 55.2. The molecule has 0 saturated heterocycles. The molecule has 2 aliphatic rings. The standard InChI is InChI=1S/C50H67N7O11S2/c1-7-56-43-23-21-39(69(59,60)61)34-41(43)49(3,4)45(56)14-10-8-11-15-46-50(5,6)42-35-40(70(62,63)64)22-24-44(42)57(46)26-13-9-12-16-47(58)53-25-27-65-28-29-66-30-31-67-32-33-68-38-19-17-37(18-20-38)48(52)55-54-36(2)51/h8,10-11,14-15,17-24,34-35H,7,9,12-13,16,25-33H2,1-6H3,(H6-,51,52,53,54,55,58,59,60,61,62,63,64)/p+1. The van der Waals surface area contributed by atoms with Crippen LogP contribution in [0.2, 0.25) is 0 Å². The molecule has 0 unspecified atom stereocenters. The van der Waals surface area contributed by atoms with Crippen LogP contribution in [0, 0.1) is 0 Å². The highest BCUT2D eigenvalue weighted by Gasteiger charge is 2.45. The number of benzene rings is 3. The molecule has 380 valence electrons. The van der Waals surface area contributed by atoms with Crippen LogP contribution < -0.4 is 26.4 Å². The lowest BCUT2D eigenvalue weighted by atomic mass is 9.81. The highest BCUT2D eigenvalue weighted by molar-refractivity contribution is 7.86. The minimum atomic E-state index is -4.43. The van der Waals surface area contributed by atoms with Gasteiger partial charge in [-0.15, -0.1) is 10.2 Å². The number of likely N-dealkylation sites (N-methyl/N-ethyl adjacent to an activating group) is 1. The largest absolute Gasteiger partial charge is 0.491 e. The molecule has 18 nitrogen and oxygen atoms in total. The number of unbranched alkanes of at least 4 members (excludes halogenated alkanes) is 2. The fourth-order valence-corrected chi connectivity index (χ4v) is 9.34. The maximum Gasteiger partial charge on any atom is 0.294 e. The third-order valence-corrected chi connectivity index (χ3v) is 13.6. The van der Waals surface area contributed by atoms with E-state index in [2.05, 4.69) is 25.0 Å². The van der Waals surface area contributed by atoms with E-state index in [9.17, 15) is 30.7 Å². The van der Waals surface area contributed by atoms with Gasteiger partial charge in [0, 0.05) is 66.0 Å². The topological polar surface area (TPSA) is 258 Å². The van der Waals surface area contributed by atoms with E-state index >= 15 is 0 Å². The maximum absolute atomic E-state index is 12.6. The number of fused-ring (bicyclic) bond motifs is 2. The number of hydrogen-bond donors (Lipinski definition) is 5. The lowest BCUT2D eigenvalue weighted by Gasteiger charge is -2.25. The van der Waals surface area contributed by atoms with Crippen molar-refractivity contribution in [1.82, 2.24) is 5.32 Å². The molecule has 0 aliphatic carbocycles. The molecule has 0 saturated carbocycles. The summed E-state index contributed by atoms with van der Waals surface area (Å²) in [6.45, 7) is 16.1. The van der Waals surface area contributed by atoms with Crippen molar-refractivity contribution in [3.8, 4) is 5.75 Å². The van der Waals surface area contributed by atoms with Crippen LogP contribution >= 0.6 is 0 Å². The van der Waals surface area contributed by atoms with Crippen LogP contribution in [0.5, 0.6) is 5.75 Å². The summed E-state index contributed by atoms with van der Waals surface area (Å²) < 4.78 is 92.2. The number of amidine groups is 2. The quantitative estimate of drug-likeness (QED) is 0.0109. The van der Waals surface area contributed by atoms with Gasteiger partial charge in [0.1, 0.15) is 24.7 Å². The van der Waals surface area contributed by atoms with Gasteiger partial charge in [-0.2, -0.15) is 21.4 Å². The minimum absolute atomic E-state index is 0.0575. The summed E-state index contributed by atoms with van der Waals surface area (Å²) in [5.41, 5.74) is 16.1. The summed E-state index contributed by atoms with van der Waals surface area (Å²) in [5.74, 6) is 1.18. The monoisotopic (exact) mass is 1010 g/mol. The molecule has 0 radical (unpaired) electrons. The molecule has 0 spiro atoms. The van der Waals surface area contributed by atoms with Gasteiger partial charge in [0.05, 0.1) is 54.8 Å². The average molecular weight is 1010 g/mol. The first-order valence-corrected chi connectivity index (χ1v) is 26.1. The van der Waals surface area contributed by atoms with E-state index in [1.807, 2.05) is 65.0 Å². The van der Waals surface area contributed by atoms with Crippen molar-refractivity contribution in [3.05, 3.63) is 113 Å². The van der Waals surface area contributed by atoms with Gasteiger partial charge < -0.3 is 40.6 Å². The number of ether oxygens (including phenoxy) is 4. The third kappa shape index (κ3) is 14.9. The first-order valence-electron chi connectivity index (χ1n) is 23.2. The number of hydrogen-bond acceptors (Lipinski definition) is 12. The number of carbonyl (C=O) groups excluding carboxylic acids is 1. The van der Waals surface area contributed by atoms with E-state index in [0.717, 1.165) is 46.8 Å². The Hall–Kier alpha value is -5.74. The average Bonchev–Trinajstić information content (AvgIpc) is 3.66. The Kier molecular flexibility index (Phi) is 19.6. The normalized spacial score (nSPS) is 16.5. The van der Waals surface area contributed by atoms with Crippen molar-refractivity contribution in [3.63, 3.8) is 0 Å². The van der Waals surface area contributed by atoms with E-state index < -0.39 is 31.1 Å². The molecule has 3 aromatic rings. The predicted octanol–water partition coefficient (Wildman–Crippen LogP) is 6.17. The van der Waals surface area contributed by atoms with Crippen molar-refractivity contribution in [1.29, 1.82) is 0 Å². The molecule has 0 atom stereocenters. The Morgan fingerprint density at radius 1 is 0.757 bits per heavy atom. The van der Waals surface area contributed by atoms with Crippen LogP contribution in [-0.4, -0.2) is 120 Å². The van der Waals surface area contributed by atoms with Gasteiger partial charge in [-0.1, -0.05) is 32.1 Å². The number of nitrogens with one attached hydrogen (secondary N) is 1. The highest BCUT2D eigenvalue weighted by atomic mass is 32.2. The predicted molar refractivity (Wildman–Crippen MR) is 272 cm³/mol. The number of carbonyl (C=O) groups is 1. The fraction of sp³-hybridized carbons (Fsp3) is 0.440. The smallest absolute Gasteiger partial charge is 0.294 e. The van der Waals surface area contributed by atoms with E-state index in [-0.39, 0.29) is 21.5 Å². The zero-order valence-corrected chi connectivity index (χ0v) is 42.5. The van der Waals surface area contributed by atoms with Crippen LogP contribution in [-0.2, 0) is 50.1 Å². The molecular formula is C50H68N7O11S2+. The van der Waals surface area contributed by atoms with Crippen LogP contribution in [0.4, 0.5) is 11.4 Å². The Balaban J connectivity index is 1.02. The Bertz CT molecular complexity index is 2730. The molecule has 70 heavy (non-hydrogen) atoms. The van der Waals surface area contributed by atoms with Gasteiger partial charge in [0.25, 0.3) is 20.2 Å². The Morgan fingerprint density at radius 3 is 2.00 bits per heavy atom. The molecular weight excluding hydrogens is 939 g/mol. The first-order chi connectivity index (χ1) is 33.2. The molecule has 3 aromatic carbocycles. The minimum Gasteiger partial charge on any atom is -0.491 e. The number of nitrogens with zero attached hydrogens (tertiary/aromatic N) is 4. The van der Waals surface area contributed by atoms with E-state index in [1.165, 1.54) is 24.3 Å². The number of amides is 1. The molecule has 0 aromatic heterocycles. The van der Waals surface area contributed by atoms with Crippen molar-refractivity contribution < 1.29 is 54.3 Å². The summed E-state index contributed by atoms with van der Waals surface area (Å²) in [7, 11) is -8.79. The molecule has 5 rings (SSSR count). The Morgan fingerprint density at radius 2 is 1.37 bits per heavy atom. The lowest BCUT2D eigenvalue weighted by molar-refractivity contribution is -0.438.